The molecule has 3 nitrogen and oxygen atoms in total. The molecule has 2 aliphatic heterocycles. The van der Waals surface area contributed by atoms with E-state index in [1.807, 2.05) is 0 Å². The zero-order valence-electron chi connectivity index (χ0n) is 7.36. The highest BCUT2D eigenvalue weighted by molar-refractivity contribution is 7.80. The van der Waals surface area contributed by atoms with Crippen LogP contribution in [0.4, 0.5) is 0 Å². The van der Waals surface area contributed by atoms with Crippen molar-refractivity contribution in [3.63, 3.8) is 0 Å². The zero-order chi connectivity index (χ0) is 8.72. The van der Waals surface area contributed by atoms with Crippen molar-refractivity contribution >= 4 is 17.3 Å². The van der Waals surface area contributed by atoms with Crippen molar-refractivity contribution in [2.24, 2.45) is 5.73 Å². The third kappa shape index (κ3) is 1.19. The standard InChI is InChI=1S/C8H15N3S/c1-10-4-6-2-3-7(5-10)11(6)8(9)12/h6-7H,2-5H2,1H3,(H2,9,12). The minimum atomic E-state index is 0.589. The molecule has 2 atom stereocenters. The fraction of sp³-hybridized carbons (Fsp3) is 0.875. The van der Waals surface area contributed by atoms with E-state index in [1.165, 1.54) is 12.8 Å². The maximum absolute atomic E-state index is 5.67. The molecular weight excluding hydrogens is 170 g/mol. The van der Waals surface area contributed by atoms with E-state index in [-0.39, 0.29) is 0 Å². The number of nitrogens with zero attached hydrogens (tertiary/aromatic N) is 2. The fourth-order valence-electron chi connectivity index (χ4n) is 2.47. The third-order valence-electron chi connectivity index (χ3n) is 2.92. The third-order valence-corrected chi connectivity index (χ3v) is 3.13. The Hall–Kier alpha value is -0.350. The quantitative estimate of drug-likeness (QED) is 0.539. The second-order valence-electron chi connectivity index (χ2n) is 3.85. The topological polar surface area (TPSA) is 32.5 Å². The zero-order valence-corrected chi connectivity index (χ0v) is 8.18. The molecule has 0 spiro atoms. The Morgan fingerprint density at radius 1 is 1.33 bits per heavy atom. The number of piperazine rings is 1. The van der Waals surface area contributed by atoms with Gasteiger partial charge in [0.05, 0.1) is 0 Å². The second-order valence-corrected chi connectivity index (χ2v) is 4.27. The molecule has 2 heterocycles. The second kappa shape index (κ2) is 2.85. The fourth-order valence-corrected chi connectivity index (χ4v) is 2.77. The summed E-state index contributed by atoms with van der Waals surface area (Å²) in [4.78, 5) is 4.60. The van der Waals surface area contributed by atoms with Crippen LogP contribution in [0, 0.1) is 0 Å². The first kappa shape index (κ1) is 8.26. The molecule has 0 amide bonds. The van der Waals surface area contributed by atoms with E-state index in [9.17, 15) is 0 Å². The lowest BCUT2D eigenvalue weighted by Crippen LogP contribution is -2.56. The van der Waals surface area contributed by atoms with Crippen LogP contribution in [-0.4, -0.2) is 47.1 Å². The largest absolute Gasteiger partial charge is 0.376 e. The van der Waals surface area contributed by atoms with Crippen LogP contribution in [-0.2, 0) is 0 Å². The first-order valence-electron chi connectivity index (χ1n) is 4.45. The van der Waals surface area contributed by atoms with Gasteiger partial charge in [0.2, 0.25) is 0 Å². The number of nitrogens with two attached hydrogens (primary N) is 1. The highest BCUT2D eigenvalue weighted by Gasteiger charge is 2.39. The lowest BCUT2D eigenvalue weighted by molar-refractivity contribution is 0.145. The van der Waals surface area contributed by atoms with Gasteiger partial charge >= 0.3 is 0 Å². The summed E-state index contributed by atoms with van der Waals surface area (Å²) in [5.74, 6) is 0. The molecule has 2 fully saturated rings. The van der Waals surface area contributed by atoms with Crippen molar-refractivity contribution in [2.45, 2.75) is 24.9 Å². The minimum Gasteiger partial charge on any atom is -0.376 e. The van der Waals surface area contributed by atoms with E-state index >= 15 is 0 Å². The van der Waals surface area contributed by atoms with Crippen LogP contribution >= 0.6 is 12.2 Å². The lowest BCUT2D eigenvalue weighted by Gasteiger charge is -2.39. The van der Waals surface area contributed by atoms with Gasteiger partial charge in [0.25, 0.3) is 0 Å². The molecule has 0 radical (unpaired) electrons. The van der Waals surface area contributed by atoms with Gasteiger partial charge in [-0.2, -0.15) is 0 Å². The molecule has 12 heavy (non-hydrogen) atoms. The van der Waals surface area contributed by atoms with Crippen LogP contribution in [0.2, 0.25) is 0 Å². The molecule has 0 aliphatic carbocycles. The Morgan fingerprint density at radius 2 is 1.83 bits per heavy atom. The molecule has 2 aliphatic rings. The Kier molecular flexibility index (Phi) is 1.96. The Morgan fingerprint density at radius 3 is 2.25 bits per heavy atom. The number of hydrogen-bond donors (Lipinski definition) is 1. The van der Waals surface area contributed by atoms with E-state index in [2.05, 4.69) is 16.8 Å². The van der Waals surface area contributed by atoms with Gasteiger partial charge in [-0.3, -0.25) is 0 Å². The summed E-state index contributed by atoms with van der Waals surface area (Å²) in [5.41, 5.74) is 5.67. The van der Waals surface area contributed by atoms with Crippen LogP contribution in [0.1, 0.15) is 12.8 Å². The molecule has 0 saturated carbocycles. The molecule has 0 aromatic heterocycles. The van der Waals surface area contributed by atoms with Gasteiger partial charge in [-0.25, -0.2) is 0 Å². The van der Waals surface area contributed by atoms with Gasteiger partial charge in [0.1, 0.15) is 0 Å². The first-order valence-corrected chi connectivity index (χ1v) is 4.85. The highest BCUT2D eigenvalue weighted by atomic mass is 32.1. The average Bonchev–Trinajstić information content (AvgIpc) is 2.24. The van der Waals surface area contributed by atoms with Gasteiger partial charge in [-0.1, -0.05) is 0 Å². The van der Waals surface area contributed by atoms with E-state index in [0.29, 0.717) is 17.2 Å². The number of thiocarbonyl (C=S) groups is 1. The summed E-state index contributed by atoms with van der Waals surface area (Å²) >= 11 is 5.03. The van der Waals surface area contributed by atoms with Gasteiger partial charge in [0.15, 0.2) is 5.11 Å². The Balaban J connectivity index is 2.14. The maximum atomic E-state index is 5.67. The summed E-state index contributed by atoms with van der Waals surface area (Å²) in [7, 11) is 2.17. The smallest absolute Gasteiger partial charge is 0.166 e. The summed E-state index contributed by atoms with van der Waals surface area (Å²) in [5, 5.41) is 0.593. The van der Waals surface area contributed by atoms with Crippen molar-refractivity contribution in [3.05, 3.63) is 0 Å². The van der Waals surface area contributed by atoms with E-state index in [0.717, 1.165) is 13.1 Å². The molecule has 2 saturated heterocycles. The van der Waals surface area contributed by atoms with Crippen molar-refractivity contribution in [1.82, 2.24) is 9.80 Å². The van der Waals surface area contributed by atoms with Gasteiger partial charge in [-0.05, 0) is 32.1 Å². The molecule has 2 unspecified atom stereocenters. The van der Waals surface area contributed by atoms with Crippen LogP contribution in [0.15, 0.2) is 0 Å². The SMILES string of the molecule is CN1CC2CCC(C1)N2C(N)=S. The molecule has 68 valence electrons. The molecule has 2 bridgehead atoms. The number of likely N-dealkylation sites (tertiary alicyclic amines) is 1. The van der Waals surface area contributed by atoms with Crippen LogP contribution in [0.5, 0.6) is 0 Å². The average molecular weight is 185 g/mol. The molecule has 2 rings (SSSR count). The van der Waals surface area contributed by atoms with E-state index in [4.69, 9.17) is 18.0 Å². The van der Waals surface area contributed by atoms with Crippen LogP contribution in [0.3, 0.4) is 0 Å². The molecule has 2 N–H and O–H groups in total. The van der Waals surface area contributed by atoms with Crippen molar-refractivity contribution in [3.8, 4) is 0 Å². The number of fused-ring (bicyclic) bond motifs is 2. The highest BCUT2D eigenvalue weighted by Crippen LogP contribution is 2.28. The summed E-state index contributed by atoms with van der Waals surface area (Å²) in [6.07, 6.45) is 2.51. The number of likely N-dealkylation sites (N-methyl/N-ethyl adjacent to an activating group) is 1. The Bertz CT molecular complexity index is 192. The van der Waals surface area contributed by atoms with Gasteiger partial charge in [0, 0.05) is 25.2 Å². The normalized spacial score (nSPS) is 35.6. The summed E-state index contributed by atoms with van der Waals surface area (Å²) in [6.45, 7) is 2.24. The monoisotopic (exact) mass is 185 g/mol. The predicted molar refractivity (Wildman–Crippen MR) is 52.9 cm³/mol. The molecule has 0 aromatic carbocycles. The predicted octanol–water partition coefficient (Wildman–Crippen LogP) is 0.00840. The lowest BCUT2D eigenvalue weighted by atomic mass is 10.2. The van der Waals surface area contributed by atoms with Crippen molar-refractivity contribution < 1.29 is 0 Å². The van der Waals surface area contributed by atoms with Crippen LogP contribution in [0.25, 0.3) is 0 Å². The minimum absolute atomic E-state index is 0.589. The maximum Gasteiger partial charge on any atom is 0.166 e. The Labute approximate surface area is 78.5 Å². The number of hydrogen-bond acceptors (Lipinski definition) is 2. The summed E-state index contributed by atoms with van der Waals surface area (Å²) in [6, 6.07) is 1.18. The molecule has 0 aromatic rings. The first-order chi connectivity index (χ1) is 5.68. The van der Waals surface area contributed by atoms with Crippen molar-refractivity contribution in [1.29, 1.82) is 0 Å². The van der Waals surface area contributed by atoms with E-state index in [1.54, 1.807) is 0 Å². The summed E-state index contributed by atoms with van der Waals surface area (Å²) < 4.78 is 0. The van der Waals surface area contributed by atoms with E-state index < -0.39 is 0 Å². The van der Waals surface area contributed by atoms with Crippen molar-refractivity contribution in [2.75, 3.05) is 20.1 Å². The van der Waals surface area contributed by atoms with Gasteiger partial charge < -0.3 is 15.5 Å². The number of rotatable bonds is 0. The van der Waals surface area contributed by atoms with Crippen LogP contribution < -0.4 is 5.73 Å². The van der Waals surface area contributed by atoms with Gasteiger partial charge in [-0.15, -0.1) is 0 Å². The molecular formula is C8H15N3S. The molecule has 4 heteroatoms.